The first-order valence-electron chi connectivity index (χ1n) is 14.0. The lowest BCUT2D eigenvalue weighted by atomic mass is 10.1. The fourth-order valence-corrected chi connectivity index (χ4v) is 6.36. The molecule has 42 heavy (non-hydrogen) atoms. The number of allylic oxidation sites excluding steroid dienone is 4. The molecule has 5 nitrogen and oxygen atoms in total. The van der Waals surface area contributed by atoms with Crippen LogP contribution in [0.4, 0.5) is 13.2 Å². The summed E-state index contributed by atoms with van der Waals surface area (Å²) in [4.78, 5) is 11.5. The summed E-state index contributed by atoms with van der Waals surface area (Å²) in [6, 6.07) is 12.0. The SMILES string of the molecule is CC/C(=C\C=C(/C)N1CCN(CC)CC1)OC.Cc1nc(-c2ccc(C(F)(F)F)cc2)sc1CSc1ccc(O)cc1. The van der Waals surface area contributed by atoms with Gasteiger partial charge in [0.2, 0.25) is 0 Å². The molecule has 1 aromatic heterocycles. The van der Waals surface area contributed by atoms with Crippen molar-refractivity contribution in [3.63, 3.8) is 0 Å². The highest BCUT2D eigenvalue weighted by atomic mass is 32.2. The van der Waals surface area contributed by atoms with Gasteiger partial charge in [0.05, 0.1) is 24.1 Å². The Morgan fingerprint density at radius 3 is 2.21 bits per heavy atom. The number of nitrogens with zero attached hydrogens (tertiary/aromatic N) is 3. The molecule has 1 fully saturated rings. The molecular formula is C32H40F3N3O2S2. The van der Waals surface area contributed by atoms with Crippen molar-refractivity contribution in [2.75, 3.05) is 39.8 Å². The maximum Gasteiger partial charge on any atom is 0.416 e. The van der Waals surface area contributed by atoms with E-state index in [1.165, 1.54) is 48.8 Å². The minimum atomic E-state index is -4.33. The number of ether oxygens (including phenoxy) is 1. The molecule has 0 bridgehead atoms. The molecule has 3 aromatic rings. The number of methoxy groups -OCH3 is 1. The number of halogens is 3. The number of likely N-dealkylation sites (N-methyl/N-ethyl adjacent to an activating group) is 1. The number of phenols is 1. The highest BCUT2D eigenvalue weighted by Gasteiger charge is 2.30. The van der Waals surface area contributed by atoms with Gasteiger partial charge in [-0.15, -0.1) is 23.1 Å². The van der Waals surface area contributed by atoms with E-state index in [2.05, 4.69) is 47.7 Å². The predicted octanol–water partition coefficient (Wildman–Crippen LogP) is 8.60. The number of aromatic nitrogens is 1. The number of rotatable bonds is 9. The minimum absolute atomic E-state index is 0.225. The van der Waals surface area contributed by atoms with Gasteiger partial charge < -0.3 is 19.6 Å². The molecular weight excluding hydrogens is 579 g/mol. The molecule has 2 heterocycles. The summed E-state index contributed by atoms with van der Waals surface area (Å²) < 4.78 is 43.2. The van der Waals surface area contributed by atoms with Crippen molar-refractivity contribution < 1.29 is 23.0 Å². The Hall–Kier alpha value is -2.95. The van der Waals surface area contributed by atoms with Crippen LogP contribution in [-0.2, 0) is 16.7 Å². The molecule has 4 rings (SSSR count). The largest absolute Gasteiger partial charge is 0.508 e. The second-order valence-electron chi connectivity index (χ2n) is 9.81. The molecule has 1 saturated heterocycles. The van der Waals surface area contributed by atoms with E-state index in [9.17, 15) is 18.3 Å². The Kier molecular flexibility index (Phi) is 12.8. The van der Waals surface area contributed by atoms with Crippen molar-refractivity contribution in [1.82, 2.24) is 14.8 Å². The first-order chi connectivity index (χ1) is 20.0. The van der Waals surface area contributed by atoms with Crippen LogP contribution in [0.25, 0.3) is 10.6 Å². The van der Waals surface area contributed by atoms with E-state index in [-0.39, 0.29) is 5.75 Å². The molecule has 1 N–H and O–H groups in total. The maximum absolute atomic E-state index is 12.6. The van der Waals surface area contributed by atoms with Crippen LogP contribution in [0.2, 0.25) is 0 Å². The summed E-state index contributed by atoms with van der Waals surface area (Å²) in [6.07, 6.45) is 0.874. The van der Waals surface area contributed by atoms with Crippen molar-refractivity contribution >= 4 is 23.1 Å². The fourth-order valence-electron chi connectivity index (χ4n) is 4.24. The van der Waals surface area contributed by atoms with Crippen molar-refractivity contribution in [1.29, 1.82) is 0 Å². The van der Waals surface area contributed by atoms with Gasteiger partial charge in [-0.25, -0.2) is 4.98 Å². The number of piperazine rings is 1. The number of phenolic OH excluding ortho intramolecular Hbond substituents is 1. The molecule has 0 aliphatic carbocycles. The molecule has 0 saturated carbocycles. The molecule has 0 unspecified atom stereocenters. The smallest absolute Gasteiger partial charge is 0.416 e. The molecule has 0 amide bonds. The number of benzene rings is 2. The van der Waals surface area contributed by atoms with E-state index in [0.717, 1.165) is 58.6 Å². The summed E-state index contributed by atoms with van der Waals surface area (Å²) >= 11 is 3.11. The number of hydrogen-bond donors (Lipinski definition) is 1. The van der Waals surface area contributed by atoms with Crippen LogP contribution in [0.15, 0.2) is 77.0 Å². The van der Waals surface area contributed by atoms with Crippen LogP contribution in [0.5, 0.6) is 5.75 Å². The Labute approximate surface area is 255 Å². The highest BCUT2D eigenvalue weighted by molar-refractivity contribution is 7.98. The van der Waals surface area contributed by atoms with E-state index in [0.29, 0.717) is 10.6 Å². The third-order valence-corrected chi connectivity index (χ3v) is 9.43. The van der Waals surface area contributed by atoms with E-state index >= 15 is 0 Å². The van der Waals surface area contributed by atoms with Crippen LogP contribution in [0.3, 0.4) is 0 Å². The van der Waals surface area contributed by atoms with Crippen LogP contribution < -0.4 is 0 Å². The van der Waals surface area contributed by atoms with Gasteiger partial charge in [-0.2, -0.15) is 13.2 Å². The normalized spacial score (nSPS) is 14.9. The van der Waals surface area contributed by atoms with Gasteiger partial charge in [0.1, 0.15) is 10.8 Å². The van der Waals surface area contributed by atoms with Crippen molar-refractivity contribution in [2.24, 2.45) is 0 Å². The zero-order valence-electron chi connectivity index (χ0n) is 24.9. The number of thioether (sulfide) groups is 1. The third kappa shape index (κ3) is 10.1. The molecule has 1 aliphatic heterocycles. The van der Waals surface area contributed by atoms with Gasteiger partial charge in [0.15, 0.2) is 0 Å². The number of aromatic hydroxyl groups is 1. The standard InChI is InChI=1S/C18H14F3NOS2.C14H26N2O/c1-11-16(10-24-15-8-6-14(23)7-9-15)25-17(22-11)12-2-4-13(5-3-12)18(19,20)21;1-5-14(17-4)8-7-13(3)16-11-9-15(6-2)10-12-16/h2-9,23H,10H2,1H3;7-8H,5-6,9-12H2,1-4H3/b;13-7+,14-8+. The van der Waals surface area contributed by atoms with Crippen molar-refractivity contribution in [3.05, 3.63) is 88.3 Å². The van der Waals surface area contributed by atoms with Crippen LogP contribution in [0.1, 0.15) is 43.3 Å². The third-order valence-electron chi connectivity index (χ3n) is 7.00. The zero-order valence-corrected chi connectivity index (χ0v) is 26.5. The lowest BCUT2D eigenvalue weighted by molar-refractivity contribution is -0.137. The number of thiazole rings is 1. The first kappa shape index (κ1) is 33.6. The topological polar surface area (TPSA) is 48.8 Å². The molecule has 0 radical (unpaired) electrons. The Morgan fingerprint density at radius 1 is 1.02 bits per heavy atom. The number of hydrogen-bond acceptors (Lipinski definition) is 7. The van der Waals surface area contributed by atoms with Gasteiger partial charge in [-0.1, -0.05) is 26.0 Å². The summed E-state index contributed by atoms with van der Waals surface area (Å²) in [7, 11) is 1.73. The van der Waals surface area contributed by atoms with Crippen LogP contribution in [-0.4, -0.2) is 59.7 Å². The molecule has 1 aliphatic rings. The summed E-state index contributed by atoms with van der Waals surface area (Å²) in [5.74, 6) is 1.98. The van der Waals surface area contributed by atoms with Gasteiger partial charge in [0.25, 0.3) is 0 Å². The van der Waals surface area contributed by atoms with Crippen molar-refractivity contribution in [2.45, 2.75) is 50.9 Å². The molecule has 0 spiro atoms. The number of alkyl halides is 3. The molecule has 2 aromatic carbocycles. The molecule has 10 heteroatoms. The Balaban J connectivity index is 0.000000250. The fraction of sp³-hybridized carbons (Fsp3) is 0.406. The second-order valence-corrected chi connectivity index (χ2v) is 11.9. The lowest BCUT2D eigenvalue weighted by Gasteiger charge is -2.35. The average Bonchev–Trinajstić information content (AvgIpc) is 3.37. The Morgan fingerprint density at radius 2 is 1.67 bits per heavy atom. The average molecular weight is 620 g/mol. The predicted molar refractivity (Wildman–Crippen MR) is 168 cm³/mol. The Bertz CT molecular complexity index is 1310. The van der Waals surface area contributed by atoms with E-state index in [1.807, 2.05) is 19.1 Å². The monoisotopic (exact) mass is 619 g/mol. The van der Waals surface area contributed by atoms with Crippen LogP contribution in [0, 0.1) is 6.92 Å². The van der Waals surface area contributed by atoms with Gasteiger partial charge >= 0.3 is 6.18 Å². The highest BCUT2D eigenvalue weighted by Crippen LogP contribution is 2.35. The van der Waals surface area contributed by atoms with E-state index in [4.69, 9.17) is 4.74 Å². The quantitative estimate of drug-likeness (QED) is 0.147. The molecule has 0 atom stereocenters. The summed E-state index contributed by atoms with van der Waals surface area (Å²) in [6.45, 7) is 14.2. The first-order valence-corrected chi connectivity index (χ1v) is 15.8. The van der Waals surface area contributed by atoms with Gasteiger partial charge in [0, 0.05) is 59.4 Å². The molecule has 228 valence electrons. The van der Waals surface area contributed by atoms with Gasteiger partial charge in [-0.05, 0) is 68.9 Å². The second kappa shape index (κ2) is 16.0. The summed E-state index contributed by atoms with van der Waals surface area (Å²) in [5, 5.41) is 10.0. The minimum Gasteiger partial charge on any atom is -0.508 e. The maximum atomic E-state index is 12.6. The van der Waals surface area contributed by atoms with Gasteiger partial charge in [-0.3, -0.25) is 0 Å². The lowest BCUT2D eigenvalue weighted by Crippen LogP contribution is -2.45. The summed E-state index contributed by atoms with van der Waals surface area (Å²) in [5.41, 5.74) is 2.24. The van der Waals surface area contributed by atoms with Crippen LogP contribution >= 0.6 is 23.1 Å². The zero-order chi connectivity index (χ0) is 30.7. The number of aryl methyl sites for hydroxylation is 1. The van der Waals surface area contributed by atoms with E-state index < -0.39 is 11.7 Å². The van der Waals surface area contributed by atoms with Crippen molar-refractivity contribution in [3.8, 4) is 16.3 Å². The van der Waals surface area contributed by atoms with E-state index in [1.54, 1.807) is 31.0 Å².